The SMILES string of the molecule is C=C1CCCC(C)(C)C1CC/C(C)=C/Cc1c(O)cc(C)c(C(=O)O)c1O. The number of phenolic OH excluding ortho intramolecular Hbond substituents is 1. The zero-order valence-electron chi connectivity index (χ0n) is 16.9. The van der Waals surface area contributed by atoms with Crippen LogP contribution in [0.25, 0.3) is 0 Å². The van der Waals surface area contributed by atoms with E-state index in [0.29, 0.717) is 17.9 Å². The van der Waals surface area contributed by atoms with Gasteiger partial charge in [0.2, 0.25) is 0 Å². The van der Waals surface area contributed by atoms with Gasteiger partial charge in [0.05, 0.1) is 0 Å². The molecule has 1 fully saturated rings. The molecule has 1 unspecified atom stereocenters. The minimum atomic E-state index is -1.19. The first-order valence-corrected chi connectivity index (χ1v) is 9.65. The molecule has 148 valence electrons. The van der Waals surface area contributed by atoms with Crippen molar-refractivity contribution >= 4 is 5.97 Å². The third-order valence-electron chi connectivity index (χ3n) is 6.03. The Kier molecular flexibility index (Phi) is 6.40. The van der Waals surface area contributed by atoms with Gasteiger partial charge in [-0.15, -0.1) is 0 Å². The van der Waals surface area contributed by atoms with Crippen molar-refractivity contribution in [1.82, 2.24) is 0 Å². The van der Waals surface area contributed by atoms with E-state index in [9.17, 15) is 20.1 Å². The highest BCUT2D eigenvalue weighted by Crippen LogP contribution is 2.45. The lowest BCUT2D eigenvalue weighted by molar-refractivity contribution is 0.0692. The summed E-state index contributed by atoms with van der Waals surface area (Å²) in [6.45, 7) is 12.5. The second kappa shape index (κ2) is 8.20. The molecule has 4 heteroatoms. The molecule has 4 nitrogen and oxygen atoms in total. The number of hydrogen-bond acceptors (Lipinski definition) is 3. The van der Waals surface area contributed by atoms with Gasteiger partial charge in [0.15, 0.2) is 0 Å². The molecule has 2 rings (SSSR count). The van der Waals surface area contributed by atoms with Gasteiger partial charge in [-0.05, 0) is 75.3 Å². The van der Waals surface area contributed by atoms with Gasteiger partial charge in [-0.25, -0.2) is 4.79 Å². The van der Waals surface area contributed by atoms with Crippen molar-refractivity contribution < 1.29 is 20.1 Å². The molecule has 1 saturated carbocycles. The quantitative estimate of drug-likeness (QED) is 0.555. The average Bonchev–Trinajstić information content (AvgIpc) is 2.52. The van der Waals surface area contributed by atoms with Crippen LogP contribution in [0.15, 0.2) is 29.9 Å². The molecular formula is C23H32O4. The number of carboxylic acids is 1. The van der Waals surface area contributed by atoms with Crippen LogP contribution in [0.1, 0.15) is 74.4 Å². The zero-order valence-corrected chi connectivity index (χ0v) is 16.9. The Bertz CT molecular complexity index is 771. The van der Waals surface area contributed by atoms with Gasteiger partial charge in [-0.3, -0.25) is 0 Å². The van der Waals surface area contributed by atoms with Crippen LogP contribution in [-0.4, -0.2) is 21.3 Å². The summed E-state index contributed by atoms with van der Waals surface area (Å²) in [6.07, 6.45) is 7.79. The number of hydrogen-bond donors (Lipinski definition) is 3. The molecule has 0 aliphatic heterocycles. The fourth-order valence-electron chi connectivity index (χ4n) is 4.31. The molecule has 1 atom stereocenters. The number of allylic oxidation sites excluding steroid dienone is 3. The van der Waals surface area contributed by atoms with Crippen LogP contribution in [0, 0.1) is 18.3 Å². The molecule has 0 amide bonds. The lowest BCUT2D eigenvalue weighted by Crippen LogP contribution is -2.29. The Balaban J connectivity index is 2.11. The fourth-order valence-corrected chi connectivity index (χ4v) is 4.31. The van der Waals surface area contributed by atoms with E-state index in [2.05, 4.69) is 20.4 Å². The summed E-state index contributed by atoms with van der Waals surface area (Å²) in [5.74, 6) is -1.09. The number of aryl methyl sites for hydroxylation is 1. The first-order valence-electron chi connectivity index (χ1n) is 9.65. The summed E-state index contributed by atoms with van der Waals surface area (Å²) in [6, 6.07) is 1.40. The standard InChI is InChI=1S/C23H32O4/c1-14(9-11-18-15(2)7-6-12-23(18,4)5)8-10-17-19(24)13-16(3)20(21(17)25)22(26)27/h8,13,18,24-25H,2,6-7,9-12H2,1,3-5H3,(H,26,27)/b14-8+. The summed E-state index contributed by atoms with van der Waals surface area (Å²) in [4.78, 5) is 11.3. The second-order valence-electron chi connectivity index (χ2n) is 8.57. The highest BCUT2D eigenvalue weighted by Gasteiger charge is 2.33. The first-order chi connectivity index (χ1) is 12.5. The van der Waals surface area contributed by atoms with Gasteiger partial charge >= 0.3 is 5.97 Å². The monoisotopic (exact) mass is 372 g/mol. The van der Waals surface area contributed by atoms with E-state index in [1.807, 2.05) is 13.0 Å². The molecule has 0 saturated heterocycles. The molecule has 1 aromatic carbocycles. The Hall–Kier alpha value is -2.23. The Morgan fingerprint density at radius 1 is 1.37 bits per heavy atom. The van der Waals surface area contributed by atoms with Crippen molar-refractivity contribution in [1.29, 1.82) is 0 Å². The predicted molar refractivity (Wildman–Crippen MR) is 108 cm³/mol. The smallest absolute Gasteiger partial charge is 0.339 e. The van der Waals surface area contributed by atoms with E-state index in [0.717, 1.165) is 19.3 Å². The van der Waals surface area contributed by atoms with Gasteiger partial charge in [0, 0.05) is 5.56 Å². The number of aromatic carboxylic acids is 1. The minimum Gasteiger partial charge on any atom is -0.508 e. The van der Waals surface area contributed by atoms with Crippen LogP contribution in [0.2, 0.25) is 0 Å². The van der Waals surface area contributed by atoms with Crippen molar-refractivity contribution in [3.8, 4) is 11.5 Å². The number of carboxylic acid groups (broad SMARTS) is 1. The third-order valence-corrected chi connectivity index (χ3v) is 6.03. The molecule has 1 aromatic rings. The van der Waals surface area contributed by atoms with E-state index in [-0.39, 0.29) is 28.0 Å². The van der Waals surface area contributed by atoms with Gasteiger partial charge in [0.25, 0.3) is 0 Å². The molecule has 0 aromatic heterocycles. The van der Waals surface area contributed by atoms with Crippen molar-refractivity contribution in [3.63, 3.8) is 0 Å². The fraction of sp³-hybridized carbons (Fsp3) is 0.522. The third kappa shape index (κ3) is 4.74. The van der Waals surface area contributed by atoms with Crippen LogP contribution < -0.4 is 0 Å². The summed E-state index contributed by atoms with van der Waals surface area (Å²) >= 11 is 0. The average molecular weight is 373 g/mol. The topological polar surface area (TPSA) is 77.8 Å². The number of aromatic hydroxyl groups is 2. The number of carbonyl (C=O) groups is 1. The van der Waals surface area contributed by atoms with Crippen molar-refractivity contribution in [2.45, 2.75) is 66.2 Å². The molecule has 0 radical (unpaired) electrons. The Labute approximate surface area is 162 Å². The summed E-state index contributed by atoms with van der Waals surface area (Å²) in [5, 5.41) is 29.7. The number of rotatable bonds is 6. The van der Waals surface area contributed by atoms with Gasteiger partial charge in [-0.1, -0.05) is 37.6 Å². The van der Waals surface area contributed by atoms with Crippen molar-refractivity contribution in [2.75, 3.05) is 0 Å². The van der Waals surface area contributed by atoms with E-state index >= 15 is 0 Å². The van der Waals surface area contributed by atoms with Crippen molar-refractivity contribution in [3.05, 3.63) is 46.6 Å². The van der Waals surface area contributed by atoms with Crippen LogP contribution in [0.3, 0.4) is 0 Å². The number of phenols is 2. The Morgan fingerprint density at radius 2 is 2.04 bits per heavy atom. The molecule has 1 aliphatic carbocycles. The maximum Gasteiger partial charge on any atom is 0.339 e. The van der Waals surface area contributed by atoms with Gasteiger partial charge in [-0.2, -0.15) is 0 Å². The van der Waals surface area contributed by atoms with Gasteiger partial charge < -0.3 is 15.3 Å². The van der Waals surface area contributed by atoms with Gasteiger partial charge in [0.1, 0.15) is 17.1 Å². The van der Waals surface area contributed by atoms with Crippen LogP contribution in [-0.2, 0) is 6.42 Å². The summed E-state index contributed by atoms with van der Waals surface area (Å²) in [7, 11) is 0. The predicted octanol–water partition coefficient (Wildman–Crippen LogP) is 5.76. The largest absolute Gasteiger partial charge is 0.508 e. The lowest BCUT2D eigenvalue weighted by atomic mass is 9.65. The first kappa shape index (κ1) is 21.1. The van der Waals surface area contributed by atoms with E-state index < -0.39 is 5.97 Å². The molecule has 1 aliphatic rings. The van der Waals surface area contributed by atoms with E-state index in [1.54, 1.807) is 6.92 Å². The van der Waals surface area contributed by atoms with E-state index in [4.69, 9.17) is 0 Å². The summed E-state index contributed by atoms with van der Waals surface area (Å²) < 4.78 is 0. The zero-order chi connectivity index (χ0) is 20.4. The number of benzene rings is 1. The van der Waals surface area contributed by atoms with Crippen LogP contribution >= 0.6 is 0 Å². The van der Waals surface area contributed by atoms with Crippen LogP contribution in [0.4, 0.5) is 0 Å². The van der Waals surface area contributed by atoms with E-state index in [1.165, 1.54) is 30.1 Å². The maximum atomic E-state index is 11.3. The molecule has 0 heterocycles. The Morgan fingerprint density at radius 3 is 2.63 bits per heavy atom. The highest BCUT2D eigenvalue weighted by molar-refractivity contribution is 5.93. The summed E-state index contributed by atoms with van der Waals surface area (Å²) in [5.41, 5.74) is 3.26. The maximum absolute atomic E-state index is 11.3. The molecular weight excluding hydrogens is 340 g/mol. The van der Waals surface area contributed by atoms with Crippen LogP contribution in [0.5, 0.6) is 11.5 Å². The second-order valence-corrected chi connectivity index (χ2v) is 8.57. The molecule has 0 bridgehead atoms. The molecule has 3 N–H and O–H groups in total. The molecule has 0 spiro atoms. The highest BCUT2D eigenvalue weighted by atomic mass is 16.4. The normalized spacial score (nSPS) is 19.9. The minimum absolute atomic E-state index is 0.0687. The molecule has 27 heavy (non-hydrogen) atoms. The lowest BCUT2D eigenvalue weighted by Gasteiger charge is -2.40. The van der Waals surface area contributed by atoms with Crippen molar-refractivity contribution in [2.24, 2.45) is 11.3 Å².